The number of benzene rings is 1. The highest BCUT2D eigenvalue weighted by atomic mass is 79.9. The maximum atomic E-state index is 12.1. The Kier molecular flexibility index (Phi) is 3.15. The number of aryl methyl sites for hydroxylation is 1. The van der Waals surface area contributed by atoms with E-state index >= 15 is 0 Å². The number of nitrogens with zero attached hydrogens (tertiary/aromatic N) is 1. The molecule has 0 N–H and O–H groups in total. The molecule has 0 bridgehead atoms. The first-order valence-electron chi connectivity index (χ1n) is 4.90. The highest BCUT2D eigenvalue weighted by molar-refractivity contribution is 9.10. The molecule has 1 aromatic heterocycles. The van der Waals surface area contributed by atoms with Gasteiger partial charge in [-0.1, -0.05) is 33.6 Å². The first-order chi connectivity index (χ1) is 7.68. The fourth-order valence-corrected chi connectivity index (χ4v) is 1.87. The van der Waals surface area contributed by atoms with Crippen molar-refractivity contribution in [3.05, 3.63) is 63.9 Å². The van der Waals surface area contributed by atoms with Crippen LogP contribution in [0, 0.1) is 6.92 Å². The van der Waals surface area contributed by atoms with Gasteiger partial charge in [-0.05, 0) is 31.2 Å². The van der Waals surface area contributed by atoms with E-state index in [0.29, 0.717) is 11.3 Å². The molecule has 2 rings (SSSR count). The normalized spacial score (nSPS) is 10.1. The quantitative estimate of drug-likeness (QED) is 0.787. The second kappa shape index (κ2) is 4.58. The van der Waals surface area contributed by atoms with Gasteiger partial charge in [0.25, 0.3) is 0 Å². The van der Waals surface area contributed by atoms with Crippen molar-refractivity contribution in [1.29, 1.82) is 0 Å². The zero-order valence-corrected chi connectivity index (χ0v) is 10.4. The molecule has 16 heavy (non-hydrogen) atoms. The van der Waals surface area contributed by atoms with E-state index in [-0.39, 0.29) is 5.78 Å². The lowest BCUT2D eigenvalue weighted by Gasteiger charge is -2.04. The molecule has 0 radical (unpaired) electrons. The second-order valence-electron chi connectivity index (χ2n) is 3.53. The fourth-order valence-electron chi connectivity index (χ4n) is 1.45. The summed E-state index contributed by atoms with van der Waals surface area (Å²) in [7, 11) is 0. The molecule has 0 unspecified atom stereocenters. The van der Waals surface area contributed by atoms with Crippen molar-refractivity contribution >= 4 is 21.7 Å². The molecular formula is C13H10BrNO. The Morgan fingerprint density at radius 1 is 1.25 bits per heavy atom. The van der Waals surface area contributed by atoms with Crippen molar-refractivity contribution in [2.24, 2.45) is 0 Å². The molecule has 0 spiro atoms. The molecule has 0 amide bonds. The second-order valence-corrected chi connectivity index (χ2v) is 4.38. The predicted molar refractivity (Wildman–Crippen MR) is 66.5 cm³/mol. The molecule has 0 aliphatic heterocycles. The van der Waals surface area contributed by atoms with Crippen molar-refractivity contribution in [2.45, 2.75) is 6.92 Å². The van der Waals surface area contributed by atoms with E-state index in [9.17, 15) is 4.79 Å². The lowest BCUT2D eigenvalue weighted by atomic mass is 10.1. The summed E-state index contributed by atoms with van der Waals surface area (Å²) in [6, 6.07) is 11.0. The molecule has 0 aliphatic rings. The lowest BCUT2D eigenvalue weighted by molar-refractivity contribution is 0.103. The molecule has 2 aromatic rings. The van der Waals surface area contributed by atoms with Gasteiger partial charge in [0.05, 0.1) is 0 Å². The van der Waals surface area contributed by atoms with Crippen molar-refractivity contribution in [3.8, 4) is 0 Å². The molecule has 0 saturated carbocycles. The summed E-state index contributed by atoms with van der Waals surface area (Å²) >= 11 is 3.38. The first kappa shape index (κ1) is 11.0. The lowest BCUT2D eigenvalue weighted by Crippen LogP contribution is -2.04. The number of carbonyl (C=O) groups is 1. The van der Waals surface area contributed by atoms with Gasteiger partial charge in [-0.3, -0.25) is 9.78 Å². The monoisotopic (exact) mass is 275 g/mol. The third kappa shape index (κ3) is 2.19. The van der Waals surface area contributed by atoms with E-state index in [1.807, 2.05) is 31.2 Å². The van der Waals surface area contributed by atoms with Gasteiger partial charge in [0, 0.05) is 16.2 Å². The van der Waals surface area contributed by atoms with E-state index in [2.05, 4.69) is 20.9 Å². The average molecular weight is 276 g/mol. The van der Waals surface area contributed by atoms with Gasteiger partial charge < -0.3 is 0 Å². The van der Waals surface area contributed by atoms with E-state index in [1.54, 1.807) is 18.3 Å². The Morgan fingerprint density at radius 3 is 2.75 bits per heavy atom. The number of hydrogen-bond donors (Lipinski definition) is 0. The Bertz CT molecular complexity index is 523. The molecule has 80 valence electrons. The third-order valence-corrected chi connectivity index (χ3v) is 2.96. The van der Waals surface area contributed by atoms with Crippen LogP contribution >= 0.6 is 15.9 Å². The summed E-state index contributed by atoms with van der Waals surface area (Å²) in [5, 5.41) is 0. The van der Waals surface area contributed by atoms with Crippen LogP contribution in [0.15, 0.2) is 47.1 Å². The molecule has 0 atom stereocenters. The molecule has 1 aromatic carbocycles. The number of pyridine rings is 1. The van der Waals surface area contributed by atoms with Crippen LogP contribution in [0.2, 0.25) is 0 Å². The van der Waals surface area contributed by atoms with Crippen LogP contribution in [0.1, 0.15) is 21.6 Å². The van der Waals surface area contributed by atoms with Crippen LogP contribution in [-0.2, 0) is 0 Å². The van der Waals surface area contributed by atoms with Gasteiger partial charge in [0.15, 0.2) is 0 Å². The molecule has 0 aliphatic carbocycles. The summed E-state index contributed by atoms with van der Waals surface area (Å²) in [5.41, 5.74) is 2.18. The Morgan fingerprint density at radius 2 is 2.06 bits per heavy atom. The van der Waals surface area contributed by atoms with Gasteiger partial charge >= 0.3 is 0 Å². The van der Waals surface area contributed by atoms with Gasteiger partial charge in [-0.25, -0.2) is 0 Å². The minimum atomic E-state index is -0.0591. The molecule has 3 heteroatoms. The van der Waals surface area contributed by atoms with Gasteiger partial charge in [-0.2, -0.15) is 0 Å². The average Bonchev–Trinajstić information content (AvgIpc) is 2.32. The Labute approximate surface area is 102 Å². The highest BCUT2D eigenvalue weighted by Gasteiger charge is 2.13. The van der Waals surface area contributed by atoms with Crippen LogP contribution < -0.4 is 0 Å². The summed E-state index contributed by atoms with van der Waals surface area (Å²) in [6.45, 7) is 1.96. The summed E-state index contributed by atoms with van der Waals surface area (Å²) in [6.07, 6.45) is 1.62. The number of rotatable bonds is 2. The van der Waals surface area contributed by atoms with E-state index in [0.717, 1.165) is 10.0 Å². The maximum Gasteiger partial charge on any atom is 0.212 e. The number of hydrogen-bond acceptors (Lipinski definition) is 2. The predicted octanol–water partition coefficient (Wildman–Crippen LogP) is 3.38. The largest absolute Gasteiger partial charge is 0.287 e. The summed E-state index contributed by atoms with van der Waals surface area (Å²) < 4.78 is 0.800. The molecule has 0 saturated heterocycles. The van der Waals surface area contributed by atoms with Crippen LogP contribution in [0.25, 0.3) is 0 Å². The van der Waals surface area contributed by atoms with Gasteiger partial charge in [0.2, 0.25) is 5.78 Å². The number of aromatic nitrogens is 1. The van der Waals surface area contributed by atoms with E-state index < -0.39 is 0 Å². The minimum Gasteiger partial charge on any atom is -0.287 e. The zero-order chi connectivity index (χ0) is 11.5. The van der Waals surface area contributed by atoms with Crippen LogP contribution in [0.5, 0.6) is 0 Å². The topological polar surface area (TPSA) is 30.0 Å². The standard InChI is InChI=1S/C13H10BrNO/c1-9-5-6-11(14)10(8-9)13(16)12-4-2-3-7-15-12/h2-8H,1H3. The van der Waals surface area contributed by atoms with Crippen LogP contribution in [0.4, 0.5) is 0 Å². The maximum absolute atomic E-state index is 12.1. The molecule has 2 nitrogen and oxygen atoms in total. The Balaban J connectivity index is 2.46. The van der Waals surface area contributed by atoms with Gasteiger partial charge in [0.1, 0.15) is 5.69 Å². The van der Waals surface area contributed by atoms with E-state index in [1.165, 1.54) is 0 Å². The summed E-state index contributed by atoms with van der Waals surface area (Å²) in [4.78, 5) is 16.2. The number of ketones is 1. The van der Waals surface area contributed by atoms with Gasteiger partial charge in [-0.15, -0.1) is 0 Å². The fraction of sp³-hybridized carbons (Fsp3) is 0.0769. The van der Waals surface area contributed by atoms with Crippen molar-refractivity contribution < 1.29 is 4.79 Å². The molecular weight excluding hydrogens is 266 g/mol. The van der Waals surface area contributed by atoms with Crippen LogP contribution in [-0.4, -0.2) is 10.8 Å². The number of halogens is 1. The smallest absolute Gasteiger partial charge is 0.212 e. The molecule has 0 fully saturated rings. The SMILES string of the molecule is Cc1ccc(Br)c(C(=O)c2ccccn2)c1. The van der Waals surface area contributed by atoms with Crippen LogP contribution in [0.3, 0.4) is 0 Å². The van der Waals surface area contributed by atoms with E-state index in [4.69, 9.17) is 0 Å². The first-order valence-corrected chi connectivity index (χ1v) is 5.69. The number of carbonyl (C=O) groups excluding carboxylic acids is 1. The minimum absolute atomic E-state index is 0.0591. The molecule has 1 heterocycles. The third-order valence-electron chi connectivity index (χ3n) is 2.26. The highest BCUT2D eigenvalue weighted by Crippen LogP contribution is 2.20. The van der Waals surface area contributed by atoms with Crippen molar-refractivity contribution in [2.75, 3.05) is 0 Å². The van der Waals surface area contributed by atoms with Crippen molar-refractivity contribution in [1.82, 2.24) is 4.98 Å². The summed E-state index contributed by atoms with van der Waals surface area (Å²) in [5.74, 6) is -0.0591. The zero-order valence-electron chi connectivity index (χ0n) is 8.77. The van der Waals surface area contributed by atoms with Crippen molar-refractivity contribution in [3.63, 3.8) is 0 Å². The Hall–Kier alpha value is -1.48.